The zero-order valence-electron chi connectivity index (χ0n) is 7.97. The molecule has 0 aliphatic carbocycles. The molecule has 1 aromatic rings. The highest BCUT2D eigenvalue weighted by Gasteiger charge is 2.10. The van der Waals surface area contributed by atoms with E-state index in [0.29, 0.717) is 4.60 Å². The number of nitrogens with one attached hydrogen (secondary N) is 1. The zero-order valence-corrected chi connectivity index (χ0v) is 10.4. The molecule has 0 saturated carbocycles. The van der Waals surface area contributed by atoms with Gasteiger partial charge < -0.3 is 4.74 Å². The molecular formula is C7H10BrN3O3S. The first-order valence-corrected chi connectivity index (χ1v) is 6.45. The summed E-state index contributed by atoms with van der Waals surface area (Å²) in [4.78, 5) is 7.67. The van der Waals surface area contributed by atoms with Gasteiger partial charge in [0.1, 0.15) is 4.60 Å². The number of hydrogen-bond acceptors (Lipinski definition) is 5. The van der Waals surface area contributed by atoms with Gasteiger partial charge in [0.2, 0.25) is 10.0 Å². The predicted molar refractivity (Wildman–Crippen MR) is 59.0 cm³/mol. The number of sulfonamides is 1. The third-order valence-corrected chi connectivity index (χ3v) is 3.07. The SMILES string of the molecule is COCCS(=O)(=O)Nc1cnc(Br)cn1. The second kappa shape index (κ2) is 5.38. The van der Waals surface area contributed by atoms with Crippen LogP contribution >= 0.6 is 15.9 Å². The van der Waals surface area contributed by atoms with Crippen LogP contribution in [0.4, 0.5) is 5.82 Å². The molecule has 8 heteroatoms. The summed E-state index contributed by atoms with van der Waals surface area (Å²) in [5.41, 5.74) is 0. The standard InChI is InChI=1S/C7H10BrN3O3S/c1-14-2-3-15(12,13)11-7-5-9-6(8)4-10-7/h4-5H,2-3H2,1H3,(H,10,11). The summed E-state index contributed by atoms with van der Waals surface area (Å²) in [6, 6.07) is 0. The number of ether oxygens (including phenoxy) is 1. The van der Waals surface area contributed by atoms with Gasteiger partial charge in [-0.3, -0.25) is 4.72 Å². The van der Waals surface area contributed by atoms with Crippen LogP contribution in [-0.2, 0) is 14.8 Å². The van der Waals surface area contributed by atoms with E-state index in [2.05, 4.69) is 35.4 Å². The summed E-state index contributed by atoms with van der Waals surface area (Å²) < 4.78 is 30.2. The maximum atomic E-state index is 11.4. The van der Waals surface area contributed by atoms with Crippen LogP contribution in [0.15, 0.2) is 17.0 Å². The van der Waals surface area contributed by atoms with Crippen molar-refractivity contribution in [1.82, 2.24) is 9.97 Å². The van der Waals surface area contributed by atoms with Gasteiger partial charge >= 0.3 is 0 Å². The molecule has 0 bridgehead atoms. The maximum Gasteiger partial charge on any atom is 0.236 e. The number of hydrogen-bond donors (Lipinski definition) is 1. The minimum absolute atomic E-state index is 0.110. The summed E-state index contributed by atoms with van der Waals surface area (Å²) >= 11 is 3.10. The van der Waals surface area contributed by atoms with Gasteiger partial charge in [0, 0.05) is 7.11 Å². The Morgan fingerprint density at radius 3 is 2.73 bits per heavy atom. The Hall–Kier alpha value is -0.730. The fourth-order valence-electron chi connectivity index (χ4n) is 0.768. The molecule has 0 atom stereocenters. The van der Waals surface area contributed by atoms with Crippen LogP contribution in [0.2, 0.25) is 0 Å². The average molecular weight is 296 g/mol. The summed E-state index contributed by atoms with van der Waals surface area (Å²) in [6.45, 7) is 0.138. The number of methoxy groups -OCH3 is 1. The molecule has 1 heterocycles. The number of aromatic nitrogens is 2. The second-order valence-corrected chi connectivity index (χ2v) is 5.29. The predicted octanol–water partition coefficient (Wildman–Crippen LogP) is 0.627. The molecule has 0 amide bonds. The first kappa shape index (κ1) is 12.3. The minimum atomic E-state index is -3.40. The summed E-state index contributed by atoms with van der Waals surface area (Å²) in [5.74, 6) is 0.0793. The zero-order chi connectivity index (χ0) is 11.3. The highest BCUT2D eigenvalue weighted by molar-refractivity contribution is 9.10. The molecule has 0 unspecified atom stereocenters. The molecular weight excluding hydrogens is 286 g/mol. The van der Waals surface area contributed by atoms with Gasteiger partial charge in [0.05, 0.1) is 24.8 Å². The van der Waals surface area contributed by atoms with E-state index >= 15 is 0 Å². The topological polar surface area (TPSA) is 81.2 Å². The number of halogens is 1. The Morgan fingerprint density at radius 2 is 2.20 bits per heavy atom. The fraction of sp³-hybridized carbons (Fsp3) is 0.429. The number of nitrogens with zero attached hydrogens (tertiary/aromatic N) is 2. The van der Waals surface area contributed by atoms with Crippen LogP contribution in [0.1, 0.15) is 0 Å². The molecule has 15 heavy (non-hydrogen) atoms. The maximum absolute atomic E-state index is 11.4. The summed E-state index contributed by atoms with van der Waals surface area (Å²) in [7, 11) is -1.96. The van der Waals surface area contributed by atoms with Crippen molar-refractivity contribution < 1.29 is 13.2 Å². The average Bonchev–Trinajstić information content (AvgIpc) is 2.18. The van der Waals surface area contributed by atoms with E-state index in [1.807, 2.05) is 0 Å². The van der Waals surface area contributed by atoms with Crippen molar-refractivity contribution in [2.75, 3.05) is 24.2 Å². The summed E-state index contributed by atoms with van der Waals surface area (Å²) in [5, 5.41) is 0. The van der Waals surface area contributed by atoms with E-state index < -0.39 is 10.0 Å². The lowest BCUT2D eigenvalue weighted by molar-refractivity contribution is 0.217. The van der Waals surface area contributed by atoms with E-state index in [4.69, 9.17) is 0 Å². The van der Waals surface area contributed by atoms with Crippen LogP contribution in [0.3, 0.4) is 0 Å². The highest BCUT2D eigenvalue weighted by atomic mass is 79.9. The Labute approximate surface area is 96.3 Å². The van der Waals surface area contributed by atoms with Gasteiger partial charge in [0.15, 0.2) is 5.82 Å². The van der Waals surface area contributed by atoms with Crippen molar-refractivity contribution in [1.29, 1.82) is 0 Å². The van der Waals surface area contributed by atoms with Crippen LogP contribution in [-0.4, -0.2) is 37.9 Å². The second-order valence-electron chi connectivity index (χ2n) is 2.64. The normalized spacial score (nSPS) is 11.3. The lowest BCUT2D eigenvalue weighted by Crippen LogP contribution is -2.20. The number of anilines is 1. The Morgan fingerprint density at radius 1 is 1.47 bits per heavy atom. The van der Waals surface area contributed by atoms with Gasteiger partial charge in [0.25, 0.3) is 0 Å². The van der Waals surface area contributed by atoms with Crippen molar-refractivity contribution in [2.45, 2.75) is 0 Å². The van der Waals surface area contributed by atoms with Gasteiger partial charge in [-0.05, 0) is 15.9 Å². The largest absolute Gasteiger partial charge is 0.384 e. The van der Waals surface area contributed by atoms with Crippen LogP contribution in [0, 0.1) is 0 Å². The first-order valence-electron chi connectivity index (χ1n) is 4.00. The lowest BCUT2D eigenvalue weighted by atomic mass is 10.7. The lowest BCUT2D eigenvalue weighted by Gasteiger charge is -2.05. The quantitative estimate of drug-likeness (QED) is 0.861. The molecule has 0 spiro atoms. The van der Waals surface area contributed by atoms with Crippen LogP contribution < -0.4 is 4.72 Å². The van der Waals surface area contributed by atoms with Gasteiger partial charge in [-0.2, -0.15) is 0 Å². The van der Waals surface area contributed by atoms with E-state index in [-0.39, 0.29) is 18.2 Å². The molecule has 1 N–H and O–H groups in total. The molecule has 84 valence electrons. The minimum Gasteiger partial charge on any atom is -0.384 e. The smallest absolute Gasteiger partial charge is 0.236 e. The van der Waals surface area contributed by atoms with Crippen molar-refractivity contribution in [2.24, 2.45) is 0 Å². The number of rotatable bonds is 5. The molecule has 6 nitrogen and oxygen atoms in total. The van der Waals surface area contributed by atoms with Crippen molar-refractivity contribution >= 4 is 31.8 Å². The third kappa shape index (κ3) is 4.54. The summed E-state index contributed by atoms with van der Waals surface area (Å²) in [6.07, 6.45) is 2.74. The first-order chi connectivity index (χ1) is 7.03. The van der Waals surface area contributed by atoms with E-state index in [1.54, 1.807) is 0 Å². The molecule has 0 aliphatic heterocycles. The molecule has 0 aromatic carbocycles. The van der Waals surface area contributed by atoms with E-state index in [9.17, 15) is 8.42 Å². The van der Waals surface area contributed by atoms with Gasteiger partial charge in [-0.25, -0.2) is 18.4 Å². The van der Waals surface area contributed by atoms with Crippen molar-refractivity contribution in [3.8, 4) is 0 Å². The molecule has 0 aliphatic rings. The highest BCUT2D eigenvalue weighted by Crippen LogP contribution is 2.07. The molecule has 1 rings (SSSR count). The monoisotopic (exact) mass is 295 g/mol. The molecule has 0 radical (unpaired) electrons. The van der Waals surface area contributed by atoms with Gasteiger partial charge in [-0.15, -0.1) is 0 Å². The van der Waals surface area contributed by atoms with Crippen molar-refractivity contribution in [3.63, 3.8) is 0 Å². The third-order valence-electron chi connectivity index (χ3n) is 1.44. The van der Waals surface area contributed by atoms with E-state index in [0.717, 1.165) is 0 Å². The van der Waals surface area contributed by atoms with Crippen LogP contribution in [0.5, 0.6) is 0 Å². The Kier molecular flexibility index (Phi) is 4.43. The fourth-order valence-corrected chi connectivity index (χ4v) is 1.89. The van der Waals surface area contributed by atoms with E-state index in [1.165, 1.54) is 19.5 Å². The van der Waals surface area contributed by atoms with Gasteiger partial charge in [-0.1, -0.05) is 0 Å². The Balaban J connectivity index is 2.65. The van der Waals surface area contributed by atoms with Crippen molar-refractivity contribution in [3.05, 3.63) is 17.0 Å². The van der Waals surface area contributed by atoms with Crippen LogP contribution in [0.25, 0.3) is 0 Å². The Bertz CT molecular complexity index is 406. The molecule has 1 aromatic heterocycles. The molecule has 0 saturated heterocycles. The molecule has 0 fully saturated rings.